The van der Waals surface area contributed by atoms with Gasteiger partial charge in [0.2, 0.25) is 5.91 Å². The number of anilines is 1. The third kappa shape index (κ3) is 2.59. The zero-order valence-corrected chi connectivity index (χ0v) is 11.0. The summed E-state index contributed by atoms with van der Waals surface area (Å²) in [7, 11) is 1.56. The van der Waals surface area contributed by atoms with Crippen molar-refractivity contribution >= 4 is 40.2 Å². The summed E-state index contributed by atoms with van der Waals surface area (Å²) < 4.78 is 13.0. The first-order valence-electron chi connectivity index (χ1n) is 5.15. The summed E-state index contributed by atoms with van der Waals surface area (Å²) in [5, 5.41) is 2.30. The number of likely N-dealkylation sites (N-methyl/N-ethyl adjacent to an activating group) is 1. The Morgan fingerprint density at radius 3 is 2.89 bits per heavy atom. The Morgan fingerprint density at radius 2 is 2.33 bits per heavy atom. The van der Waals surface area contributed by atoms with Crippen LogP contribution >= 0.6 is 23.4 Å². The molecule has 1 aromatic rings. The third-order valence-corrected chi connectivity index (χ3v) is 3.76. The van der Waals surface area contributed by atoms with Crippen molar-refractivity contribution in [3.8, 4) is 0 Å². The number of nitrogens with one attached hydrogen (secondary N) is 1. The van der Waals surface area contributed by atoms with Crippen LogP contribution in [0.1, 0.15) is 0 Å². The molecule has 0 aromatic heterocycles. The van der Waals surface area contributed by atoms with Gasteiger partial charge in [0.1, 0.15) is 11.9 Å². The molecular weight excluding hydrogens is 279 g/mol. The SMILES string of the molecule is CN(C(=O)[C@@H]1CSC(=O)N1)c1ccc(F)c(Cl)c1. The summed E-state index contributed by atoms with van der Waals surface area (Å²) in [6.45, 7) is 0. The Bertz CT molecular complexity index is 512. The zero-order chi connectivity index (χ0) is 13.3. The first-order chi connectivity index (χ1) is 8.49. The van der Waals surface area contributed by atoms with Crippen LogP contribution in [0.25, 0.3) is 0 Å². The molecule has 7 heteroatoms. The van der Waals surface area contributed by atoms with Gasteiger partial charge < -0.3 is 10.2 Å². The van der Waals surface area contributed by atoms with E-state index >= 15 is 0 Å². The smallest absolute Gasteiger partial charge is 0.279 e. The predicted molar refractivity (Wildman–Crippen MR) is 69.6 cm³/mol. The van der Waals surface area contributed by atoms with Crippen molar-refractivity contribution in [1.29, 1.82) is 0 Å². The van der Waals surface area contributed by atoms with Gasteiger partial charge in [0, 0.05) is 18.5 Å². The molecule has 0 saturated carbocycles. The highest BCUT2D eigenvalue weighted by Gasteiger charge is 2.30. The van der Waals surface area contributed by atoms with Gasteiger partial charge in [-0.05, 0) is 18.2 Å². The van der Waals surface area contributed by atoms with Gasteiger partial charge in [0.05, 0.1) is 5.02 Å². The largest absolute Gasteiger partial charge is 0.334 e. The van der Waals surface area contributed by atoms with E-state index in [2.05, 4.69) is 5.32 Å². The van der Waals surface area contributed by atoms with Crippen LogP contribution in [0.5, 0.6) is 0 Å². The second kappa shape index (κ2) is 5.16. The maximum atomic E-state index is 13.0. The maximum absolute atomic E-state index is 13.0. The van der Waals surface area contributed by atoms with Gasteiger partial charge in [0.25, 0.3) is 5.24 Å². The number of halogens is 2. The van der Waals surface area contributed by atoms with Gasteiger partial charge in [-0.3, -0.25) is 9.59 Å². The van der Waals surface area contributed by atoms with Crippen LogP contribution in [0.2, 0.25) is 5.02 Å². The lowest BCUT2D eigenvalue weighted by Crippen LogP contribution is -2.44. The van der Waals surface area contributed by atoms with Gasteiger partial charge in [-0.15, -0.1) is 0 Å². The first-order valence-corrected chi connectivity index (χ1v) is 6.51. The normalized spacial score (nSPS) is 18.6. The van der Waals surface area contributed by atoms with Crippen molar-refractivity contribution in [2.24, 2.45) is 0 Å². The fraction of sp³-hybridized carbons (Fsp3) is 0.273. The molecule has 1 aliphatic rings. The minimum atomic E-state index is -0.545. The summed E-state index contributed by atoms with van der Waals surface area (Å²) >= 11 is 6.73. The monoisotopic (exact) mass is 288 g/mol. The lowest BCUT2D eigenvalue weighted by molar-refractivity contribution is -0.119. The van der Waals surface area contributed by atoms with Crippen molar-refractivity contribution < 1.29 is 14.0 Å². The van der Waals surface area contributed by atoms with Crippen molar-refractivity contribution in [2.45, 2.75) is 6.04 Å². The van der Waals surface area contributed by atoms with Gasteiger partial charge in [-0.2, -0.15) is 0 Å². The summed E-state index contributed by atoms with van der Waals surface area (Å²) in [5.41, 5.74) is 0.484. The molecule has 1 fully saturated rings. The maximum Gasteiger partial charge on any atom is 0.279 e. The molecule has 2 amide bonds. The molecule has 1 N–H and O–H groups in total. The van der Waals surface area contributed by atoms with Crippen LogP contribution in [-0.2, 0) is 4.79 Å². The fourth-order valence-electron chi connectivity index (χ4n) is 1.57. The number of benzene rings is 1. The van der Waals surface area contributed by atoms with Crippen LogP contribution < -0.4 is 10.2 Å². The zero-order valence-electron chi connectivity index (χ0n) is 9.44. The minimum absolute atomic E-state index is 0.0445. The van der Waals surface area contributed by atoms with E-state index < -0.39 is 11.9 Å². The van der Waals surface area contributed by atoms with Crippen molar-refractivity contribution in [3.63, 3.8) is 0 Å². The number of carbonyl (C=O) groups excluding carboxylic acids is 2. The number of thioether (sulfide) groups is 1. The van der Waals surface area contributed by atoms with E-state index in [1.54, 1.807) is 7.05 Å². The summed E-state index contributed by atoms with van der Waals surface area (Å²) in [4.78, 5) is 24.4. The van der Waals surface area contributed by atoms with E-state index in [0.717, 1.165) is 11.8 Å². The van der Waals surface area contributed by atoms with Gasteiger partial charge in [-0.25, -0.2) is 4.39 Å². The van der Waals surface area contributed by atoms with E-state index in [-0.39, 0.29) is 16.2 Å². The second-order valence-electron chi connectivity index (χ2n) is 3.79. The molecule has 1 aliphatic heterocycles. The van der Waals surface area contributed by atoms with E-state index in [9.17, 15) is 14.0 Å². The fourth-order valence-corrected chi connectivity index (χ4v) is 2.52. The van der Waals surface area contributed by atoms with Crippen LogP contribution in [0.3, 0.4) is 0 Å². The van der Waals surface area contributed by atoms with Crippen molar-refractivity contribution in [3.05, 3.63) is 29.0 Å². The lowest BCUT2D eigenvalue weighted by Gasteiger charge is -2.20. The number of amides is 2. The molecule has 96 valence electrons. The second-order valence-corrected chi connectivity index (χ2v) is 5.19. The Morgan fingerprint density at radius 1 is 1.61 bits per heavy atom. The molecule has 1 aromatic carbocycles. The quantitative estimate of drug-likeness (QED) is 0.908. The highest BCUT2D eigenvalue weighted by Crippen LogP contribution is 2.23. The molecule has 1 heterocycles. The van der Waals surface area contributed by atoms with E-state index in [4.69, 9.17) is 11.6 Å². The summed E-state index contributed by atoms with van der Waals surface area (Å²) in [6.07, 6.45) is 0. The van der Waals surface area contributed by atoms with Gasteiger partial charge in [-0.1, -0.05) is 23.4 Å². The molecule has 1 saturated heterocycles. The Labute approximate surface area is 112 Å². The minimum Gasteiger partial charge on any atom is -0.334 e. The molecule has 1 atom stereocenters. The Balaban J connectivity index is 2.15. The average molecular weight is 289 g/mol. The molecule has 0 spiro atoms. The molecule has 0 bridgehead atoms. The van der Waals surface area contributed by atoms with E-state index in [1.807, 2.05) is 0 Å². The van der Waals surface area contributed by atoms with Crippen LogP contribution in [-0.4, -0.2) is 30.0 Å². The van der Waals surface area contributed by atoms with Crippen LogP contribution in [0.15, 0.2) is 18.2 Å². The molecule has 4 nitrogen and oxygen atoms in total. The standard InChI is InChI=1S/C11H10ClFN2O2S/c1-15(6-2-3-8(13)7(12)4-6)10(16)9-5-18-11(17)14-9/h2-4,9H,5H2,1H3,(H,14,17)/t9-/m0/s1. The van der Waals surface area contributed by atoms with Gasteiger partial charge >= 0.3 is 0 Å². The topological polar surface area (TPSA) is 49.4 Å². The van der Waals surface area contributed by atoms with Gasteiger partial charge in [0.15, 0.2) is 0 Å². The number of rotatable bonds is 2. The van der Waals surface area contributed by atoms with Crippen molar-refractivity contribution in [2.75, 3.05) is 17.7 Å². The molecule has 18 heavy (non-hydrogen) atoms. The van der Waals surface area contributed by atoms with Crippen LogP contribution in [0, 0.1) is 5.82 Å². The average Bonchev–Trinajstić information content (AvgIpc) is 2.77. The number of hydrogen-bond acceptors (Lipinski definition) is 3. The van der Waals surface area contributed by atoms with E-state index in [0.29, 0.717) is 11.4 Å². The number of hydrogen-bond donors (Lipinski definition) is 1. The molecule has 0 radical (unpaired) electrons. The van der Waals surface area contributed by atoms with Crippen LogP contribution in [0.4, 0.5) is 14.9 Å². The highest BCUT2D eigenvalue weighted by molar-refractivity contribution is 8.14. The molecule has 0 aliphatic carbocycles. The summed E-state index contributed by atoms with van der Waals surface area (Å²) in [5.74, 6) is -0.390. The van der Waals surface area contributed by atoms with E-state index in [1.165, 1.54) is 23.1 Å². The third-order valence-electron chi connectivity index (χ3n) is 2.59. The van der Waals surface area contributed by atoms with Crippen molar-refractivity contribution in [1.82, 2.24) is 5.32 Å². The Kier molecular flexibility index (Phi) is 3.77. The molecule has 0 unspecified atom stereocenters. The molecule has 2 rings (SSSR count). The first kappa shape index (κ1) is 13.2. The summed E-state index contributed by atoms with van der Waals surface area (Å²) in [6, 6.07) is 3.49. The highest BCUT2D eigenvalue weighted by atomic mass is 35.5. The predicted octanol–water partition coefficient (Wildman–Crippen LogP) is 2.27. The number of nitrogens with zero attached hydrogens (tertiary/aromatic N) is 1. The number of carbonyl (C=O) groups is 2. The molecular formula is C11H10ClFN2O2S. The Hall–Kier alpha value is -1.27. The lowest BCUT2D eigenvalue weighted by atomic mass is 10.2.